The number of amides is 6. The quantitative estimate of drug-likeness (QED) is 0.232. The molecule has 0 bridgehead atoms. The highest BCUT2D eigenvalue weighted by atomic mass is 79.9. The first-order chi connectivity index (χ1) is 16.8. The summed E-state index contributed by atoms with van der Waals surface area (Å²) < 4.78 is 0. The molecule has 3 N–H and O–H groups in total. The first kappa shape index (κ1) is 25.2. The number of hydrogen-bond donors (Lipinski definition) is 2. The van der Waals surface area contributed by atoms with E-state index in [9.17, 15) is 29.1 Å². The van der Waals surface area contributed by atoms with Crippen molar-refractivity contribution >= 4 is 68.8 Å². The van der Waals surface area contributed by atoms with Crippen LogP contribution in [0.15, 0.2) is 23.8 Å². The minimum atomic E-state index is -1.93. The van der Waals surface area contributed by atoms with Gasteiger partial charge in [-0.1, -0.05) is 39.7 Å². The largest absolute Gasteiger partial charge is 0.507 e. The summed E-state index contributed by atoms with van der Waals surface area (Å²) in [6.07, 6.45) is 1.71. The van der Waals surface area contributed by atoms with Gasteiger partial charge in [0.05, 0.1) is 17.3 Å². The van der Waals surface area contributed by atoms with Crippen LogP contribution in [0.1, 0.15) is 35.4 Å². The second kappa shape index (κ2) is 8.03. The van der Waals surface area contributed by atoms with Gasteiger partial charge in [0.25, 0.3) is 11.8 Å². The van der Waals surface area contributed by atoms with Crippen LogP contribution < -0.4 is 5.73 Å². The van der Waals surface area contributed by atoms with Gasteiger partial charge in [-0.05, 0) is 49.3 Å². The van der Waals surface area contributed by atoms with Crippen molar-refractivity contribution < 1.29 is 29.1 Å². The van der Waals surface area contributed by atoms with E-state index in [2.05, 4.69) is 15.9 Å². The van der Waals surface area contributed by atoms with Gasteiger partial charge in [0.2, 0.25) is 11.8 Å². The first-order valence-corrected chi connectivity index (χ1v) is 13.2. The van der Waals surface area contributed by atoms with E-state index < -0.39 is 63.1 Å². The van der Waals surface area contributed by atoms with Crippen LogP contribution in [0.3, 0.4) is 0 Å². The van der Waals surface area contributed by atoms with Crippen molar-refractivity contribution in [2.75, 3.05) is 5.45 Å². The van der Waals surface area contributed by atoms with Crippen molar-refractivity contribution in [3.8, 4) is 5.75 Å². The maximum Gasteiger partial charge on any atom is 0.328 e. The van der Waals surface area contributed by atoms with Gasteiger partial charge in [0.1, 0.15) is 5.75 Å². The van der Waals surface area contributed by atoms with E-state index in [-0.39, 0.29) is 24.0 Å². The second-order valence-corrected chi connectivity index (χ2v) is 11.6. The Labute approximate surface area is 224 Å². The summed E-state index contributed by atoms with van der Waals surface area (Å²) in [6.45, 7) is 3.39. The number of carbonyl (C=O) groups excluding carboxylic acids is 5. The molecule has 1 aromatic carbocycles. The fraction of sp³-hybridized carbons (Fsp3) is 0.458. The van der Waals surface area contributed by atoms with Crippen molar-refractivity contribution in [2.45, 2.75) is 42.4 Å². The number of nitrogens with zero attached hydrogens (tertiary/aromatic N) is 2. The molecule has 12 heteroatoms. The van der Waals surface area contributed by atoms with Crippen molar-refractivity contribution in [1.29, 1.82) is 0 Å². The number of allylic oxidation sites excluding steroid dienone is 2. The number of imide groups is 4. The lowest BCUT2D eigenvalue weighted by Crippen LogP contribution is -2.60. The summed E-state index contributed by atoms with van der Waals surface area (Å²) in [5.41, 5.74) is 7.39. The molecule has 2 aliphatic carbocycles. The maximum atomic E-state index is 13.7. The Bertz CT molecular complexity index is 1290. The molecule has 2 heterocycles. The van der Waals surface area contributed by atoms with E-state index in [0.717, 1.165) is 4.90 Å². The maximum absolute atomic E-state index is 13.7. The highest BCUT2D eigenvalue weighted by Gasteiger charge is 2.76. The number of urea groups is 1. The molecule has 1 saturated carbocycles. The molecule has 36 heavy (non-hydrogen) atoms. The van der Waals surface area contributed by atoms with Crippen LogP contribution in [0.2, 0.25) is 0 Å². The van der Waals surface area contributed by atoms with E-state index in [0.29, 0.717) is 27.2 Å². The Morgan fingerprint density at radius 1 is 1.11 bits per heavy atom. The lowest BCUT2D eigenvalue weighted by Gasteiger charge is -2.50. The number of aromatic hydroxyl groups is 1. The Hall–Kier alpha value is -2.43. The van der Waals surface area contributed by atoms with Crippen molar-refractivity contribution in [3.63, 3.8) is 0 Å². The van der Waals surface area contributed by atoms with Crippen LogP contribution in [0.4, 0.5) is 4.79 Å². The zero-order valence-electron chi connectivity index (χ0n) is 19.3. The average molecular weight is 599 g/mol. The smallest absolute Gasteiger partial charge is 0.328 e. The number of phenols is 1. The Morgan fingerprint density at radius 2 is 1.72 bits per heavy atom. The monoisotopic (exact) mass is 597 g/mol. The third kappa shape index (κ3) is 2.92. The van der Waals surface area contributed by atoms with Crippen LogP contribution in [0.5, 0.6) is 5.75 Å². The molecule has 9 nitrogen and oxygen atoms in total. The molecule has 0 unspecified atom stereocenters. The molecule has 4 aliphatic rings. The number of fused-ring (bicyclic) bond motifs is 4. The molecule has 5 rings (SSSR count). The van der Waals surface area contributed by atoms with Gasteiger partial charge >= 0.3 is 6.03 Å². The predicted molar refractivity (Wildman–Crippen MR) is 132 cm³/mol. The standard InChI is InChI=1S/C24H22BrCl2N3O6/c1-9-5-11(6-10(2)17(9)31)16-12-3-4-13-15(19(33)30(18(13)32)22(28)36)14(12)7-23(26)20(34)29(8-25)21(35)24(16,23)27/h3,5-6,13-16,31H,4,7-8H2,1-2H3,(H2,28,36)/t13-,14+,15-,16-,23+,24-/m0/s1. The molecule has 0 spiro atoms. The topological polar surface area (TPSA) is 138 Å². The molecular weight excluding hydrogens is 577 g/mol. The summed E-state index contributed by atoms with van der Waals surface area (Å²) in [7, 11) is 0. The van der Waals surface area contributed by atoms with Crippen LogP contribution in [0.25, 0.3) is 0 Å². The fourth-order valence-electron chi connectivity index (χ4n) is 6.50. The molecule has 190 valence electrons. The van der Waals surface area contributed by atoms with Gasteiger partial charge in [0.15, 0.2) is 9.75 Å². The van der Waals surface area contributed by atoms with E-state index in [1.807, 2.05) is 0 Å². The highest BCUT2D eigenvalue weighted by Crippen LogP contribution is 2.65. The van der Waals surface area contributed by atoms with E-state index in [1.54, 1.807) is 32.1 Å². The second-order valence-electron chi connectivity index (χ2n) is 9.84. The summed E-state index contributed by atoms with van der Waals surface area (Å²) in [4.78, 5) is 62.8. The van der Waals surface area contributed by atoms with Gasteiger partial charge in [-0.2, -0.15) is 4.90 Å². The van der Waals surface area contributed by atoms with Crippen molar-refractivity contribution in [1.82, 2.24) is 9.80 Å². The SMILES string of the molecule is Cc1cc([C@H]2C3=CC[C@@H]4C(=O)N(C(N)=O)C(=O)[C@@H]4[C@@H]3C[C@@]3(Cl)C(=O)N(CBr)C(=O)[C@@]23Cl)cc(C)c1O. The molecule has 6 atom stereocenters. The minimum absolute atomic E-state index is 0.0779. The number of rotatable bonds is 2. The number of carbonyl (C=O) groups is 5. The van der Waals surface area contributed by atoms with Gasteiger partial charge in [-0.25, -0.2) is 4.79 Å². The number of alkyl halides is 3. The van der Waals surface area contributed by atoms with Gasteiger partial charge in [-0.3, -0.25) is 24.1 Å². The van der Waals surface area contributed by atoms with Crippen LogP contribution >= 0.6 is 39.1 Å². The summed E-state index contributed by atoms with van der Waals surface area (Å²) in [5, 5.41) is 10.4. The van der Waals surface area contributed by atoms with E-state index in [1.165, 1.54) is 0 Å². The zero-order chi connectivity index (χ0) is 26.5. The van der Waals surface area contributed by atoms with Crippen LogP contribution in [-0.4, -0.2) is 59.8 Å². The molecule has 0 radical (unpaired) electrons. The predicted octanol–water partition coefficient (Wildman–Crippen LogP) is 2.80. The summed E-state index contributed by atoms with van der Waals surface area (Å²) in [6, 6.07) is 2.19. The Kier molecular flexibility index (Phi) is 5.63. The fourth-order valence-corrected chi connectivity index (χ4v) is 7.93. The van der Waals surface area contributed by atoms with Crippen molar-refractivity contribution in [2.24, 2.45) is 23.5 Å². The van der Waals surface area contributed by atoms with E-state index >= 15 is 0 Å². The third-order valence-electron chi connectivity index (χ3n) is 8.08. The Balaban J connectivity index is 1.76. The molecular formula is C24H22BrCl2N3O6. The van der Waals surface area contributed by atoms with Gasteiger partial charge < -0.3 is 10.8 Å². The van der Waals surface area contributed by atoms with E-state index in [4.69, 9.17) is 28.9 Å². The average Bonchev–Trinajstić information content (AvgIpc) is 3.15. The first-order valence-electron chi connectivity index (χ1n) is 11.3. The number of nitrogens with two attached hydrogens (primary N) is 1. The zero-order valence-corrected chi connectivity index (χ0v) is 22.4. The molecule has 2 saturated heterocycles. The normalized spacial score (nSPS) is 35.5. The number of hydrogen-bond acceptors (Lipinski definition) is 6. The van der Waals surface area contributed by atoms with Gasteiger partial charge in [-0.15, -0.1) is 23.2 Å². The lowest BCUT2D eigenvalue weighted by molar-refractivity contribution is -0.139. The number of aryl methyl sites for hydroxylation is 2. The number of phenolic OH excluding ortho intramolecular Hbond substituents is 1. The molecule has 0 aromatic heterocycles. The molecule has 6 amide bonds. The van der Waals surface area contributed by atoms with Crippen molar-refractivity contribution in [3.05, 3.63) is 40.5 Å². The summed E-state index contributed by atoms with van der Waals surface area (Å²) >= 11 is 17.4. The molecule has 3 fully saturated rings. The third-order valence-corrected chi connectivity index (χ3v) is 10.00. The summed E-state index contributed by atoms with van der Waals surface area (Å²) in [5.74, 6) is -6.26. The minimum Gasteiger partial charge on any atom is -0.507 e. The Morgan fingerprint density at radius 3 is 2.28 bits per heavy atom. The number of benzene rings is 1. The number of primary amides is 1. The molecule has 1 aromatic rings. The van der Waals surface area contributed by atoms with Crippen LogP contribution in [-0.2, 0) is 19.2 Å². The molecule has 2 aliphatic heterocycles. The van der Waals surface area contributed by atoms with Crippen LogP contribution in [0, 0.1) is 31.6 Å². The highest BCUT2D eigenvalue weighted by molar-refractivity contribution is 9.09. The number of likely N-dealkylation sites (tertiary alicyclic amines) is 2. The lowest BCUT2D eigenvalue weighted by atomic mass is 9.56. The van der Waals surface area contributed by atoms with Gasteiger partial charge in [0, 0.05) is 5.92 Å². The number of halogens is 3.